The van der Waals surface area contributed by atoms with Crippen molar-refractivity contribution >= 4 is 39.9 Å². The Morgan fingerprint density at radius 1 is 0.964 bits per heavy atom. The molecule has 0 fully saturated rings. The van der Waals surface area contributed by atoms with Crippen molar-refractivity contribution in [2.24, 2.45) is 0 Å². The SMILES string of the molecule is O=C(CSc1nc(-c2ccccc2)cc2ccccc12)c1ccc(Cl)c(F)c1. The number of aromatic nitrogens is 1. The predicted molar refractivity (Wildman–Crippen MR) is 114 cm³/mol. The normalized spacial score (nSPS) is 10.9. The summed E-state index contributed by atoms with van der Waals surface area (Å²) in [6.07, 6.45) is 0. The molecule has 0 unspecified atom stereocenters. The van der Waals surface area contributed by atoms with Crippen LogP contribution in [0.4, 0.5) is 4.39 Å². The minimum Gasteiger partial charge on any atom is -0.293 e. The third kappa shape index (κ3) is 3.93. The summed E-state index contributed by atoms with van der Waals surface area (Å²) in [6.45, 7) is 0. The predicted octanol–water partition coefficient (Wildman–Crippen LogP) is 6.67. The van der Waals surface area contributed by atoms with Crippen LogP contribution in [0.2, 0.25) is 5.02 Å². The zero-order valence-electron chi connectivity index (χ0n) is 14.7. The number of pyridine rings is 1. The molecule has 0 aliphatic carbocycles. The molecule has 4 rings (SSSR count). The van der Waals surface area contributed by atoms with E-state index < -0.39 is 5.82 Å². The molecule has 0 saturated heterocycles. The van der Waals surface area contributed by atoms with Crippen molar-refractivity contribution in [1.82, 2.24) is 4.98 Å². The van der Waals surface area contributed by atoms with Crippen molar-refractivity contribution in [3.05, 3.63) is 95.3 Å². The lowest BCUT2D eigenvalue weighted by molar-refractivity contribution is 0.102. The van der Waals surface area contributed by atoms with Gasteiger partial charge in [0.05, 0.1) is 16.5 Å². The highest BCUT2D eigenvalue weighted by molar-refractivity contribution is 8.00. The number of halogens is 2. The van der Waals surface area contributed by atoms with Gasteiger partial charge < -0.3 is 0 Å². The van der Waals surface area contributed by atoms with Crippen LogP contribution in [0.15, 0.2) is 83.9 Å². The topological polar surface area (TPSA) is 30.0 Å². The van der Waals surface area contributed by atoms with Crippen molar-refractivity contribution < 1.29 is 9.18 Å². The number of thioether (sulfide) groups is 1. The molecule has 0 aliphatic rings. The number of hydrogen-bond acceptors (Lipinski definition) is 3. The first-order chi connectivity index (χ1) is 13.6. The zero-order chi connectivity index (χ0) is 19.5. The monoisotopic (exact) mass is 407 g/mol. The highest BCUT2D eigenvalue weighted by Crippen LogP contribution is 2.31. The molecule has 0 saturated carbocycles. The molecule has 5 heteroatoms. The first-order valence-electron chi connectivity index (χ1n) is 8.68. The molecule has 3 aromatic carbocycles. The fraction of sp³-hybridized carbons (Fsp3) is 0.0435. The first kappa shape index (κ1) is 18.7. The van der Waals surface area contributed by atoms with Gasteiger partial charge in [0.1, 0.15) is 10.8 Å². The first-order valence-corrected chi connectivity index (χ1v) is 10.0. The summed E-state index contributed by atoms with van der Waals surface area (Å²) in [7, 11) is 0. The van der Waals surface area contributed by atoms with Gasteiger partial charge in [0.2, 0.25) is 0 Å². The molecule has 1 aromatic heterocycles. The minimum absolute atomic E-state index is 0.00688. The van der Waals surface area contributed by atoms with Crippen LogP contribution in [0.3, 0.4) is 0 Å². The Morgan fingerprint density at radius 3 is 2.50 bits per heavy atom. The third-order valence-electron chi connectivity index (χ3n) is 4.36. The summed E-state index contributed by atoms with van der Waals surface area (Å²) < 4.78 is 13.6. The van der Waals surface area contributed by atoms with Crippen LogP contribution in [0.5, 0.6) is 0 Å². The average Bonchev–Trinajstić information content (AvgIpc) is 2.74. The number of ketones is 1. The second-order valence-corrected chi connectivity index (χ2v) is 7.61. The number of benzene rings is 3. The summed E-state index contributed by atoms with van der Waals surface area (Å²) in [5.74, 6) is -0.597. The van der Waals surface area contributed by atoms with Gasteiger partial charge >= 0.3 is 0 Å². The number of carbonyl (C=O) groups is 1. The Balaban J connectivity index is 1.65. The number of rotatable bonds is 5. The van der Waals surface area contributed by atoms with Gasteiger partial charge in [-0.05, 0) is 29.7 Å². The van der Waals surface area contributed by atoms with Crippen LogP contribution < -0.4 is 0 Å². The second kappa shape index (κ2) is 8.13. The van der Waals surface area contributed by atoms with Crippen molar-refractivity contribution in [2.45, 2.75) is 5.03 Å². The van der Waals surface area contributed by atoms with E-state index in [0.29, 0.717) is 5.56 Å². The van der Waals surface area contributed by atoms with Crippen LogP contribution >= 0.6 is 23.4 Å². The van der Waals surface area contributed by atoms with Crippen LogP contribution in [-0.2, 0) is 0 Å². The fourth-order valence-corrected chi connectivity index (χ4v) is 3.98. The number of carbonyl (C=O) groups excluding carboxylic acids is 1. The van der Waals surface area contributed by atoms with Gasteiger partial charge in [-0.3, -0.25) is 4.79 Å². The molecule has 0 radical (unpaired) electrons. The summed E-state index contributed by atoms with van der Waals surface area (Å²) in [5.41, 5.74) is 2.17. The molecule has 1 heterocycles. The van der Waals surface area contributed by atoms with E-state index in [1.165, 1.54) is 23.9 Å². The van der Waals surface area contributed by atoms with E-state index in [1.807, 2.05) is 60.7 Å². The maximum atomic E-state index is 13.6. The van der Waals surface area contributed by atoms with Crippen LogP contribution in [-0.4, -0.2) is 16.5 Å². The smallest absolute Gasteiger partial charge is 0.173 e. The van der Waals surface area contributed by atoms with Gasteiger partial charge in [-0.2, -0.15) is 0 Å². The van der Waals surface area contributed by atoms with Gasteiger partial charge in [0, 0.05) is 16.5 Å². The standard InChI is InChI=1S/C23H15ClFNOS/c24-19-11-10-17(12-20(19)25)22(27)14-28-23-18-9-5-4-8-16(18)13-21(26-23)15-6-2-1-3-7-15/h1-13H,14H2. The fourth-order valence-electron chi connectivity index (χ4n) is 2.92. The van der Waals surface area contributed by atoms with Gasteiger partial charge in [-0.1, -0.05) is 78.0 Å². The minimum atomic E-state index is -0.591. The van der Waals surface area contributed by atoms with E-state index >= 15 is 0 Å². The molecule has 28 heavy (non-hydrogen) atoms. The number of hydrogen-bond donors (Lipinski definition) is 0. The zero-order valence-corrected chi connectivity index (χ0v) is 16.3. The summed E-state index contributed by atoms with van der Waals surface area (Å²) >= 11 is 7.05. The third-order valence-corrected chi connectivity index (χ3v) is 5.65. The maximum absolute atomic E-state index is 13.6. The molecule has 0 spiro atoms. The van der Waals surface area contributed by atoms with Crippen molar-refractivity contribution in [3.63, 3.8) is 0 Å². The van der Waals surface area contributed by atoms with Crippen molar-refractivity contribution in [3.8, 4) is 11.3 Å². The molecular formula is C23H15ClFNOS. The Morgan fingerprint density at radius 2 is 1.71 bits per heavy atom. The van der Waals surface area contributed by atoms with E-state index in [-0.39, 0.29) is 16.6 Å². The van der Waals surface area contributed by atoms with Gasteiger partial charge in [0.25, 0.3) is 0 Å². The van der Waals surface area contributed by atoms with Gasteiger partial charge in [0.15, 0.2) is 5.78 Å². The van der Waals surface area contributed by atoms with Crippen LogP contribution in [0, 0.1) is 5.82 Å². The van der Waals surface area contributed by atoms with E-state index in [2.05, 4.69) is 0 Å². The largest absolute Gasteiger partial charge is 0.293 e. The van der Waals surface area contributed by atoms with E-state index in [4.69, 9.17) is 16.6 Å². The van der Waals surface area contributed by atoms with Crippen molar-refractivity contribution in [2.75, 3.05) is 5.75 Å². The van der Waals surface area contributed by atoms with E-state index in [1.54, 1.807) is 6.07 Å². The van der Waals surface area contributed by atoms with Gasteiger partial charge in [-0.25, -0.2) is 9.37 Å². The average molecular weight is 408 g/mol. The quantitative estimate of drug-likeness (QED) is 0.273. The number of fused-ring (bicyclic) bond motifs is 1. The highest BCUT2D eigenvalue weighted by Gasteiger charge is 2.13. The number of nitrogens with zero attached hydrogens (tertiary/aromatic N) is 1. The van der Waals surface area contributed by atoms with Crippen LogP contribution in [0.1, 0.15) is 10.4 Å². The Hall–Kier alpha value is -2.69. The molecule has 0 N–H and O–H groups in total. The molecule has 2 nitrogen and oxygen atoms in total. The summed E-state index contributed by atoms with van der Waals surface area (Å²) in [6, 6.07) is 24.0. The molecule has 0 amide bonds. The maximum Gasteiger partial charge on any atom is 0.173 e. The van der Waals surface area contributed by atoms with E-state index in [0.717, 1.165) is 27.1 Å². The second-order valence-electron chi connectivity index (χ2n) is 6.24. The Labute approximate surface area is 171 Å². The Kier molecular flexibility index (Phi) is 5.42. The molecule has 0 aliphatic heterocycles. The molecule has 138 valence electrons. The lowest BCUT2D eigenvalue weighted by Crippen LogP contribution is -2.03. The molecule has 0 atom stereocenters. The molecule has 0 bridgehead atoms. The molecule has 4 aromatic rings. The molecular weight excluding hydrogens is 393 g/mol. The summed E-state index contributed by atoms with van der Waals surface area (Å²) in [4.78, 5) is 17.3. The van der Waals surface area contributed by atoms with Gasteiger partial charge in [-0.15, -0.1) is 0 Å². The Bertz CT molecular complexity index is 1160. The van der Waals surface area contributed by atoms with Crippen molar-refractivity contribution in [1.29, 1.82) is 0 Å². The lowest BCUT2D eigenvalue weighted by Gasteiger charge is -2.09. The lowest BCUT2D eigenvalue weighted by atomic mass is 10.1. The van der Waals surface area contributed by atoms with Crippen LogP contribution in [0.25, 0.3) is 22.0 Å². The number of Topliss-reactive ketones (excluding diaryl/α,β-unsaturated/α-hetero) is 1. The van der Waals surface area contributed by atoms with E-state index in [9.17, 15) is 9.18 Å². The summed E-state index contributed by atoms with van der Waals surface area (Å²) in [5, 5.41) is 2.83. The highest BCUT2D eigenvalue weighted by atomic mass is 35.5.